The van der Waals surface area contributed by atoms with Gasteiger partial charge >= 0.3 is 0 Å². The van der Waals surface area contributed by atoms with Gasteiger partial charge in [-0.25, -0.2) is 0 Å². The molecule has 0 atom stereocenters. The van der Waals surface area contributed by atoms with Crippen molar-refractivity contribution in [3.8, 4) is 12.1 Å². The number of piperidine rings is 2. The molecule has 2 fully saturated rings. The molecule has 4 aromatic carbocycles. The van der Waals surface area contributed by atoms with Gasteiger partial charge in [0.1, 0.15) is 0 Å². The lowest BCUT2D eigenvalue weighted by atomic mass is 10.1. The predicted molar refractivity (Wildman–Crippen MR) is 188 cm³/mol. The zero-order valence-electron chi connectivity index (χ0n) is 25.8. The van der Waals surface area contributed by atoms with Crippen LogP contribution in [-0.2, 0) is 6.54 Å². The van der Waals surface area contributed by atoms with Crippen molar-refractivity contribution in [3.05, 3.63) is 130 Å². The second-order valence-electron chi connectivity index (χ2n) is 10.9. The van der Waals surface area contributed by atoms with Gasteiger partial charge in [0.2, 0.25) is 0 Å². The second-order valence-corrected chi connectivity index (χ2v) is 11.8. The van der Waals surface area contributed by atoms with E-state index in [4.69, 9.17) is 16.3 Å². The normalized spacial score (nSPS) is 13.8. The summed E-state index contributed by atoms with van der Waals surface area (Å²) in [7, 11) is 0. The molecule has 0 unspecified atom stereocenters. The minimum atomic E-state index is 0.641. The van der Waals surface area contributed by atoms with E-state index < -0.39 is 0 Å². The smallest absolute Gasteiger partial charge is 0.0992 e. The molecule has 0 saturated carbocycles. The van der Waals surface area contributed by atoms with Crippen molar-refractivity contribution in [2.24, 2.45) is 5.73 Å². The quantitative estimate of drug-likeness (QED) is 0.239. The van der Waals surface area contributed by atoms with Gasteiger partial charge in [-0.2, -0.15) is 10.5 Å². The Labute approximate surface area is 272 Å². The van der Waals surface area contributed by atoms with Crippen molar-refractivity contribution >= 4 is 27.3 Å². The number of nitrogens with two attached hydrogens (primary N) is 1. The summed E-state index contributed by atoms with van der Waals surface area (Å²) >= 11 is 3.25. The molecule has 5 nitrogen and oxygen atoms in total. The highest BCUT2D eigenvalue weighted by Gasteiger charge is 2.11. The van der Waals surface area contributed by atoms with Crippen LogP contribution in [0.3, 0.4) is 0 Å². The Balaban J connectivity index is 0.000000166. The molecule has 2 aliphatic rings. The number of benzene rings is 4. The van der Waals surface area contributed by atoms with Gasteiger partial charge in [-0.05, 0) is 99.5 Å². The van der Waals surface area contributed by atoms with Gasteiger partial charge in [0.25, 0.3) is 0 Å². The Kier molecular flexibility index (Phi) is 15.6. The van der Waals surface area contributed by atoms with Gasteiger partial charge in [0, 0.05) is 48.6 Å². The number of aryl methyl sites for hydroxylation is 1. The SMILES string of the molecule is Cc1ccccc1.N#Cc1cccc(Br)c1.N#Cc1cccc(N2CCCCC2)c1.NCc1cccc(N2CCCCC2)c1. The van der Waals surface area contributed by atoms with E-state index in [1.54, 1.807) is 12.1 Å². The van der Waals surface area contributed by atoms with E-state index >= 15 is 0 Å². The molecule has 228 valence electrons. The Morgan fingerprint density at radius 2 is 1.11 bits per heavy atom. The van der Waals surface area contributed by atoms with E-state index in [-0.39, 0.29) is 0 Å². The fraction of sp³-hybridized carbons (Fsp3) is 0.316. The number of hydrogen-bond acceptors (Lipinski definition) is 5. The molecular formula is C38H44BrN5. The van der Waals surface area contributed by atoms with Crippen LogP contribution in [0.5, 0.6) is 0 Å². The van der Waals surface area contributed by atoms with Crippen molar-refractivity contribution in [1.29, 1.82) is 10.5 Å². The van der Waals surface area contributed by atoms with Gasteiger partial charge in [-0.3, -0.25) is 0 Å². The highest BCUT2D eigenvalue weighted by Crippen LogP contribution is 2.21. The van der Waals surface area contributed by atoms with E-state index in [1.165, 1.54) is 74.1 Å². The molecule has 2 saturated heterocycles. The third-order valence-corrected chi connectivity index (χ3v) is 7.95. The summed E-state index contributed by atoms with van der Waals surface area (Å²) in [4.78, 5) is 4.83. The highest BCUT2D eigenvalue weighted by molar-refractivity contribution is 9.10. The van der Waals surface area contributed by atoms with Crippen LogP contribution in [0, 0.1) is 29.6 Å². The summed E-state index contributed by atoms with van der Waals surface area (Å²) in [5.41, 5.74) is 12.2. The van der Waals surface area contributed by atoms with Crippen molar-refractivity contribution in [1.82, 2.24) is 0 Å². The van der Waals surface area contributed by atoms with E-state index in [0.717, 1.165) is 23.1 Å². The number of nitriles is 2. The molecule has 0 amide bonds. The number of rotatable bonds is 3. The third-order valence-electron chi connectivity index (χ3n) is 7.46. The third kappa shape index (κ3) is 12.6. The van der Waals surface area contributed by atoms with Gasteiger partial charge in [0.05, 0.1) is 23.3 Å². The molecule has 0 bridgehead atoms. The molecule has 2 N–H and O–H groups in total. The van der Waals surface area contributed by atoms with Crippen molar-refractivity contribution in [3.63, 3.8) is 0 Å². The molecule has 4 aromatic rings. The molecular weight excluding hydrogens is 606 g/mol. The Hall–Kier alpha value is -4.10. The maximum atomic E-state index is 8.79. The first kappa shape index (κ1) is 34.4. The topological polar surface area (TPSA) is 80.1 Å². The minimum Gasteiger partial charge on any atom is -0.372 e. The lowest BCUT2D eigenvalue weighted by Gasteiger charge is -2.29. The molecule has 0 aliphatic carbocycles. The van der Waals surface area contributed by atoms with Crippen molar-refractivity contribution < 1.29 is 0 Å². The summed E-state index contributed by atoms with van der Waals surface area (Å²) in [6.07, 6.45) is 7.93. The largest absolute Gasteiger partial charge is 0.372 e. The van der Waals surface area contributed by atoms with Crippen LogP contribution in [0.25, 0.3) is 0 Å². The van der Waals surface area contributed by atoms with E-state index in [2.05, 4.69) is 81.2 Å². The average molecular weight is 651 g/mol. The molecule has 2 aliphatic heterocycles. The zero-order chi connectivity index (χ0) is 31.4. The monoisotopic (exact) mass is 649 g/mol. The van der Waals surface area contributed by atoms with Gasteiger partial charge in [-0.1, -0.05) is 76.1 Å². The molecule has 0 spiro atoms. The molecule has 0 aromatic heterocycles. The maximum Gasteiger partial charge on any atom is 0.0992 e. The first-order valence-electron chi connectivity index (χ1n) is 15.5. The maximum absolute atomic E-state index is 8.79. The Morgan fingerprint density at radius 3 is 1.57 bits per heavy atom. The van der Waals surface area contributed by atoms with Crippen LogP contribution in [-0.4, -0.2) is 26.2 Å². The molecule has 2 heterocycles. The predicted octanol–water partition coefficient (Wildman–Crippen LogP) is 9.00. The first-order valence-corrected chi connectivity index (χ1v) is 16.3. The Bertz CT molecular complexity index is 1460. The van der Waals surface area contributed by atoms with Crippen molar-refractivity contribution in [2.75, 3.05) is 36.0 Å². The summed E-state index contributed by atoms with van der Waals surface area (Å²) in [6, 6.07) is 38.2. The number of halogens is 1. The first-order chi connectivity index (χ1) is 21.5. The van der Waals surface area contributed by atoms with Crippen LogP contribution >= 0.6 is 15.9 Å². The van der Waals surface area contributed by atoms with Crippen LogP contribution in [0.15, 0.2) is 108 Å². The van der Waals surface area contributed by atoms with Gasteiger partial charge in [-0.15, -0.1) is 0 Å². The zero-order valence-corrected chi connectivity index (χ0v) is 27.4. The van der Waals surface area contributed by atoms with Crippen LogP contribution in [0.1, 0.15) is 60.8 Å². The summed E-state index contributed by atoms with van der Waals surface area (Å²) in [6.45, 7) is 7.40. The fourth-order valence-electron chi connectivity index (χ4n) is 5.05. The Morgan fingerprint density at radius 1 is 0.614 bits per heavy atom. The number of anilines is 2. The second kappa shape index (κ2) is 20.0. The van der Waals surface area contributed by atoms with Crippen molar-refractivity contribution in [2.45, 2.75) is 52.0 Å². The summed E-state index contributed by atoms with van der Waals surface area (Å²) < 4.78 is 0.946. The summed E-state index contributed by atoms with van der Waals surface area (Å²) in [5.74, 6) is 0. The van der Waals surface area contributed by atoms with Crippen LogP contribution in [0.2, 0.25) is 0 Å². The van der Waals surface area contributed by atoms with Crippen LogP contribution < -0.4 is 15.5 Å². The molecule has 0 radical (unpaired) electrons. The van der Waals surface area contributed by atoms with Gasteiger partial charge < -0.3 is 15.5 Å². The lowest BCUT2D eigenvalue weighted by Crippen LogP contribution is -2.29. The number of hydrogen-bond donors (Lipinski definition) is 1. The fourth-order valence-corrected chi connectivity index (χ4v) is 5.45. The highest BCUT2D eigenvalue weighted by atomic mass is 79.9. The minimum absolute atomic E-state index is 0.641. The van der Waals surface area contributed by atoms with E-state index in [0.29, 0.717) is 12.1 Å². The van der Waals surface area contributed by atoms with E-state index in [1.807, 2.05) is 54.6 Å². The molecule has 44 heavy (non-hydrogen) atoms. The van der Waals surface area contributed by atoms with Gasteiger partial charge in [0.15, 0.2) is 0 Å². The lowest BCUT2D eigenvalue weighted by molar-refractivity contribution is 0.577. The van der Waals surface area contributed by atoms with E-state index in [9.17, 15) is 0 Å². The summed E-state index contributed by atoms with van der Waals surface area (Å²) in [5, 5.41) is 17.2. The molecule has 6 rings (SSSR count). The average Bonchev–Trinajstić information content (AvgIpc) is 3.10. The number of nitrogens with zero attached hydrogens (tertiary/aromatic N) is 4. The van der Waals surface area contributed by atoms with Crippen LogP contribution in [0.4, 0.5) is 11.4 Å². The molecule has 6 heteroatoms. The standard InChI is InChI=1S/C12H18N2.C12H14N2.C7H4BrN.C7H8/c2*13-10-11-5-4-6-12(9-11)14-7-2-1-3-8-14;8-7-3-1-2-6(4-7)5-9;1-7-5-3-2-4-6-7/h4-6,9H,1-3,7-8,10,13H2;4-6,9H,1-3,7-8H2;1-4H;2-6H,1H3.